The highest BCUT2D eigenvalue weighted by atomic mass is 32.2. The van der Waals surface area contributed by atoms with Gasteiger partial charge in [0, 0.05) is 16.8 Å². The van der Waals surface area contributed by atoms with Crippen LogP contribution < -0.4 is 5.32 Å². The number of amides is 1. The number of carbonyl (C=O) groups is 2. The molecule has 0 aliphatic rings. The molecule has 0 saturated heterocycles. The Morgan fingerprint density at radius 3 is 2.83 bits per heavy atom. The minimum absolute atomic E-state index is 0.148. The van der Waals surface area contributed by atoms with Crippen molar-refractivity contribution in [2.45, 2.75) is 11.8 Å². The number of nitrogens with zero attached hydrogens (tertiary/aromatic N) is 2. The fourth-order valence-electron chi connectivity index (χ4n) is 1.77. The number of aromatic nitrogens is 1. The van der Waals surface area contributed by atoms with E-state index in [2.05, 4.69) is 10.3 Å². The van der Waals surface area contributed by atoms with Crippen LogP contribution in [-0.4, -0.2) is 23.5 Å². The van der Waals surface area contributed by atoms with Gasteiger partial charge in [-0.1, -0.05) is 6.07 Å². The highest BCUT2D eigenvalue weighted by Gasteiger charge is 2.12. The van der Waals surface area contributed by atoms with E-state index >= 15 is 0 Å². The Morgan fingerprint density at radius 1 is 1.35 bits per heavy atom. The maximum atomic E-state index is 11.8. The van der Waals surface area contributed by atoms with Gasteiger partial charge < -0.3 is 10.1 Å². The first-order valence-electron chi connectivity index (χ1n) is 6.64. The standard InChI is InChI=1S/C16H13N3O3S/c1-11-8-12(23-10-17)5-6-13(11)19-15(20)9-22-16(21)14-4-2-3-7-18-14/h2-8H,9H2,1H3,(H,19,20). The van der Waals surface area contributed by atoms with Gasteiger partial charge in [0.1, 0.15) is 11.1 Å². The SMILES string of the molecule is Cc1cc(SC#N)ccc1NC(=O)COC(=O)c1ccccn1. The van der Waals surface area contributed by atoms with Gasteiger partial charge in [0.2, 0.25) is 0 Å². The smallest absolute Gasteiger partial charge is 0.357 e. The molecular formula is C16H13N3O3S. The number of hydrogen-bond acceptors (Lipinski definition) is 6. The number of thiocyanates is 1. The zero-order chi connectivity index (χ0) is 16.7. The summed E-state index contributed by atoms with van der Waals surface area (Å²) in [4.78, 5) is 28.2. The zero-order valence-corrected chi connectivity index (χ0v) is 13.1. The first kappa shape index (κ1) is 16.5. The van der Waals surface area contributed by atoms with Crippen molar-refractivity contribution in [1.82, 2.24) is 4.98 Å². The molecule has 2 aromatic rings. The minimum atomic E-state index is -0.654. The number of thioether (sulfide) groups is 1. The van der Waals surface area contributed by atoms with Gasteiger partial charge in [-0.05, 0) is 54.6 Å². The molecule has 0 unspecified atom stereocenters. The number of aryl methyl sites for hydroxylation is 1. The van der Waals surface area contributed by atoms with Crippen LogP contribution in [0.3, 0.4) is 0 Å². The number of rotatable bonds is 5. The predicted octanol–water partition coefficient (Wildman–Crippen LogP) is 2.76. The maximum Gasteiger partial charge on any atom is 0.357 e. The van der Waals surface area contributed by atoms with Crippen molar-refractivity contribution in [1.29, 1.82) is 5.26 Å². The molecule has 7 heteroatoms. The van der Waals surface area contributed by atoms with Crippen molar-refractivity contribution in [3.05, 3.63) is 53.9 Å². The second-order valence-electron chi connectivity index (χ2n) is 4.51. The molecule has 1 amide bonds. The molecule has 0 spiro atoms. The Balaban J connectivity index is 1.90. The summed E-state index contributed by atoms with van der Waals surface area (Å²) in [6.07, 6.45) is 1.47. The number of pyridine rings is 1. The first-order valence-corrected chi connectivity index (χ1v) is 7.46. The highest BCUT2D eigenvalue weighted by molar-refractivity contribution is 8.03. The second kappa shape index (κ2) is 7.96. The van der Waals surface area contributed by atoms with Gasteiger partial charge in [0.05, 0.1) is 0 Å². The third-order valence-electron chi connectivity index (χ3n) is 2.84. The summed E-state index contributed by atoms with van der Waals surface area (Å²) in [5.41, 5.74) is 1.56. The molecular weight excluding hydrogens is 314 g/mol. The van der Waals surface area contributed by atoms with Gasteiger partial charge in [0.15, 0.2) is 6.61 Å². The lowest BCUT2D eigenvalue weighted by Gasteiger charge is -2.09. The predicted molar refractivity (Wildman–Crippen MR) is 85.8 cm³/mol. The summed E-state index contributed by atoms with van der Waals surface area (Å²) < 4.78 is 4.90. The Labute approximate surface area is 137 Å². The van der Waals surface area contributed by atoms with E-state index in [0.717, 1.165) is 22.2 Å². The molecule has 0 saturated carbocycles. The molecule has 1 aromatic heterocycles. The van der Waals surface area contributed by atoms with Crippen LogP contribution in [0.2, 0.25) is 0 Å². The third kappa shape index (κ3) is 4.83. The van der Waals surface area contributed by atoms with E-state index in [9.17, 15) is 9.59 Å². The second-order valence-corrected chi connectivity index (χ2v) is 5.37. The lowest BCUT2D eigenvalue weighted by atomic mass is 10.2. The molecule has 23 heavy (non-hydrogen) atoms. The van der Waals surface area contributed by atoms with Crippen molar-refractivity contribution < 1.29 is 14.3 Å². The molecule has 0 radical (unpaired) electrons. The average molecular weight is 327 g/mol. The minimum Gasteiger partial charge on any atom is -0.451 e. The third-order valence-corrected chi connectivity index (χ3v) is 3.42. The molecule has 0 atom stereocenters. The Kier molecular flexibility index (Phi) is 5.72. The number of anilines is 1. The molecule has 2 rings (SSSR count). The number of esters is 1. The largest absolute Gasteiger partial charge is 0.451 e. The lowest BCUT2D eigenvalue weighted by molar-refractivity contribution is -0.119. The van der Waals surface area contributed by atoms with Crippen molar-refractivity contribution in [3.63, 3.8) is 0 Å². The molecule has 0 aliphatic heterocycles. The molecule has 1 aromatic carbocycles. The Morgan fingerprint density at radius 2 is 2.17 bits per heavy atom. The maximum absolute atomic E-state index is 11.8. The number of nitriles is 1. The van der Waals surface area contributed by atoms with Crippen LogP contribution in [0.15, 0.2) is 47.5 Å². The van der Waals surface area contributed by atoms with E-state index in [4.69, 9.17) is 10.00 Å². The van der Waals surface area contributed by atoms with E-state index in [0.29, 0.717) is 5.69 Å². The van der Waals surface area contributed by atoms with Crippen LogP contribution in [-0.2, 0) is 9.53 Å². The summed E-state index contributed by atoms with van der Waals surface area (Å²) in [6.45, 7) is 1.42. The fraction of sp³-hybridized carbons (Fsp3) is 0.125. The van der Waals surface area contributed by atoms with E-state index in [1.165, 1.54) is 12.3 Å². The van der Waals surface area contributed by atoms with Crippen molar-refractivity contribution >= 4 is 29.3 Å². The number of nitrogens with one attached hydrogen (secondary N) is 1. The topological polar surface area (TPSA) is 92.1 Å². The van der Waals surface area contributed by atoms with Gasteiger partial charge in [-0.15, -0.1) is 0 Å². The molecule has 1 heterocycles. The van der Waals surface area contributed by atoms with Gasteiger partial charge in [-0.25, -0.2) is 9.78 Å². The summed E-state index contributed by atoms with van der Waals surface area (Å²) in [7, 11) is 0. The van der Waals surface area contributed by atoms with Gasteiger partial charge >= 0.3 is 5.97 Å². The van der Waals surface area contributed by atoms with Crippen molar-refractivity contribution in [3.8, 4) is 5.40 Å². The normalized spacial score (nSPS) is 9.74. The number of carbonyl (C=O) groups excluding carboxylic acids is 2. The summed E-state index contributed by atoms with van der Waals surface area (Å²) >= 11 is 1.05. The summed E-state index contributed by atoms with van der Waals surface area (Å²) in [5, 5.41) is 13.3. The van der Waals surface area contributed by atoms with Gasteiger partial charge in [-0.3, -0.25) is 4.79 Å². The zero-order valence-electron chi connectivity index (χ0n) is 12.3. The molecule has 0 fully saturated rings. The molecule has 0 bridgehead atoms. The van der Waals surface area contributed by atoms with E-state index < -0.39 is 18.5 Å². The van der Waals surface area contributed by atoms with Gasteiger partial charge in [0.25, 0.3) is 5.91 Å². The van der Waals surface area contributed by atoms with Crippen LogP contribution >= 0.6 is 11.8 Å². The van der Waals surface area contributed by atoms with E-state index in [1.807, 2.05) is 12.3 Å². The van der Waals surface area contributed by atoms with Gasteiger partial charge in [-0.2, -0.15) is 5.26 Å². The van der Waals surface area contributed by atoms with E-state index in [1.54, 1.807) is 30.3 Å². The first-order chi connectivity index (χ1) is 11.1. The molecule has 0 aliphatic carbocycles. The Hall–Kier alpha value is -2.85. The highest BCUT2D eigenvalue weighted by Crippen LogP contribution is 2.23. The monoisotopic (exact) mass is 327 g/mol. The summed E-state index contributed by atoms with van der Waals surface area (Å²) in [6, 6.07) is 10.1. The van der Waals surface area contributed by atoms with Crippen LogP contribution in [0.25, 0.3) is 0 Å². The fourth-order valence-corrected chi connectivity index (χ4v) is 2.24. The molecule has 6 nitrogen and oxygen atoms in total. The van der Waals surface area contributed by atoms with E-state index in [-0.39, 0.29) is 5.69 Å². The number of ether oxygens (including phenoxy) is 1. The van der Waals surface area contributed by atoms with Crippen molar-refractivity contribution in [2.75, 3.05) is 11.9 Å². The van der Waals surface area contributed by atoms with Crippen LogP contribution in [0.5, 0.6) is 0 Å². The number of hydrogen-bond donors (Lipinski definition) is 1. The van der Waals surface area contributed by atoms with Crippen LogP contribution in [0.4, 0.5) is 5.69 Å². The molecule has 1 N–H and O–H groups in total. The number of benzene rings is 1. The average Bonchev–Trinajstić information content (AvgIpc) is 2.56. The quantitative estimate of drug-likeness (QED) is 0.516. The van der Waals surface area contributed by atoms with Crippen LogP contribution in [0.1, 0.15) is 16.1 Å². The molecule has 116 valence electrons. The van der Waals surface area contributed by atoms with Crippen LogP contribution in [0, 0.1) is 17.6 Å². The Bertz CT molecular complexity index is 757. The lowest BCUT2D eigenvalue weighted by Crippen LogP contribution is -2.21. The van der Waals surface area contributed by atoms with Crippen molar-refractivity contribution in [2.24, 2.45) is 0 Å². The summed E-state index contributed by atoms with van der Waals surface area (Å²) in [5.74, 6) is -1.10.